The summed E-state index contributed by atoms with van der Waals surface area (Å²) in [5, 5.41) is 0. The fourth-order valence-corrected chi connectivity index (χ4v) is 3.84. The lowest BCUT2D eigenvalue weighted by atomic mass is 9.83. The number of rotatable bonds is 8. The van der Waals surface area contributed by atoms with Crippen molar-refractivity contribution >= 4 is 11.8 Å². The summed E-state index contributed by atoms with van der Waals surface area (Å²) in [7, 11) is 2.30. The average Bonchev–Trinajstić information content (AvgIpc) is 2.43. The first-order chi connectivity index (χ1) is 8.72. The van der Waals surface area contributed by atoms with E-state index in [9.17, 15) is 0 Å². The second kappa shape index (κ2) is 9.22. The highest BCUT2D eigenvalue weighted by Crippen LogP contribution is 2.30. The summed E-state index contributed by atoms with van der Waals surface area (Å²) in [5.74, 6) is 3.47. The summed E-state index contributed by atoms with van der Waals surface area (Å²) in [5.41, 5.74) is 5.97. The van der Waals surface area contributed by atoms with Crippen molar-refractivity contribution in [1.29, 1.82) is 0 Å². The van der Waals surface area contributed by atoms with E-state index >= 15 is 0 Å². The van der Waals surface area contributed by atoms with Gasteiger partial charge in [0, 0.05) is 18.6 Å². The summed E-state index contributed by atoms with van der Waals surface area (Å²) in [6.45, 7) is 5.38. The Hall–Kier alpha value is 0.270. The van der Waals surface area contributed by atoms with E-state index in [0.717, 1.165) is 18.5 Å². The Bertz CT molecular complexity index is 198. The molecule has 0 aliphatic heterocycles. The maximum Gasteiger partial charge on any atom is 0.0226 e. The molecular formula is C15H32N2S. The molecule has 18 heavy (non-hydrogen) atoms. The van der Waals surface area contributed by atoms with E-state index in [1.807, 2.05) is 11.8 Å². The fraction of sp³-hybridized carbons (Fsp3) is 1.00. The van der Waals surface area contributed by atoms with E-state index in [1.54, 1.807) is 0 Å². The van der Waals surface area contributed by atoms with Crippen molar-refractivity contribution in [2.24, 2.45) is 11.7 Å². The number of likely N-dealkylation sites (N-methyl/N-ethyl adjacent to an activating group) is 1. The molecule has 3 heteroatoms. The van der Waals surface area contributed by atoms with Crippen molar-refractivity contribution in [1.82, 2.24) is 4.90 Å². The van der Waals surface area contributed by atoms with Crippen molar-refractivity contribution in [2.45, 2.75) is 64.5 Å². The van der Waals surface area contributed by atoms with Crippen LogP contribution in [-0.2, 0) is 0 Å². The Morgan fingerprint density at radius 2 is 1.89 bits per heavy atom. The van der Waals surface area contributed by atoms with Crippen molar-refractivity contribution in [3.8, 4) is 0 Å². The second-order valence-electron chi connectivity index (χ2n) is 5.62. The first-order valence-electron chi connectivity index (χ1n) is 7.72. The van der Waals surface area contributed by atoms with Gasteiger partial charge in [0.2, 0.25) is 0 Å². The van der Waals surface area contributed by atoms with Gasteiger partial charge in [-0.3, -0.25) is 4.90 Å². The van der Waals surface area contributed by atoms with Crippen LogP contribution >= 0.6 is 11.8 Å². The maximum absolute atomic E-state index is 5.97. The average molecular weight is 273 g/mol. The van der Waals surface area contributed by atoms with Gasteiger partial charge in [-0.05, 0) is 56.6 Å². The number of hydrogen-bond acceptors (Lipinski definition) is 3. The fourth-order valence-electron chi connectivity index (χ4n) is 3.11. The Kier molecular flexibility index (Phi) is 8.36. The largest absolute Gasteiger partial charge is 0.329 e. The predicted molar refractivity (Wildman–Crippen MR) is 84.3 cm³/mol. The van der Waals surface area contributed by atoms with Crippen LogP contribution < -0.4 is 5.73 Å². The lowest BCUT2D eigenvalue weighted by Crippen LogP contribution is -2.46. The molecule has 2 nitrogen and oxygen atoms in total. The van der Waals surface area contributed by atoms with Crippen LogP contribution in [0.15, 0.2) is 0 Å². The molecule has 1 rings (SSSR count). The van der Waals surface area contributed by atoms with Gasteiger partial charge in [0.05, 0.1) is 0 Å². The van der Waals surface area contributed by atoms with Gasteiger partial charge in [-0.25, -0.2) is 0 Å². The molecular weight excluding hydrogens is 240 g/mol. The monoisotopic (exact) mass is 272 g/mol. The van der Waals surface area contributed by atoms with Crippen LogP contribution in [0, 0.1) is 5.92 Å². The van der Waals surface area contributed by atoms with Crippen LogP contribution in [0.25, 0.3) is 0 Å². The highest BCUT2D eigenvalue weighted by atomic mass is 32.2. The van der Waals surface area contributed by atoms with Gasteiger partial charge in [-0.2, -0.15) is 11.8 Å². The molecule has 0 heterocycles. The molecule has 108 valence electrons. The van der Waals surface area contributed by atoms with E-state index in [-0.39, 0.29) is 0 Å². The smallest absolute Gasteiger partial charge is 0.0226 e. The third-order valence-electron chi connectivity index (χ3n) is 4.62. The lowest BCUT2D eigenvalue weighted by molar-refractivity contribution is 0.120. The highest BCUT2D eigenvalue weighted by molar-refractivity contribution is 7.99. The molecule has 1 saturated carbocycles. The molecule has 1 aliphatic carbocycles. The minimum absolute atomic E-state index is 0.590. The van der Waals surface area contributed by atoms with Gasteiger partial charge >= 0.3 is 0 Å². The SMILES string of the molecule is CCSCCC(CN)N(C)C1CCC(CC)CC1. The maximum atomic E-state index is 5.97. The number of hydrogen-bond donors (Lipinski definition) is 1. The van der Waals surface area contributed by atoms with Gasteiger partial charge in [0.25, 0.3) is 0 Å². The van der Waals surface area contributed by atoms with E-state index in [4.69, 9.17) is 5.73 Å². The third-order valence-corrected chi connectivity index (χ3v) is 5.55. The molecule has 1 atom stereocenters. The molecule has 0 saturated heterocycles. The minimum Gasteiger partial charge on any atom is -0.329 e. The van der Waals surface area contributed by atoms with Gasteiger partial charge in [-0.1, -0.05) is 20.3 Å². The molecule has 1 unspecified atom stereocenters. The van der Waals surface area contributed by atoms with Crippen LogP contribution in [0.5, 0.6) is 0 Å². The van der Waals surface area contributed by atoms with Crippen LogP contribution in [0.1, 0.15) is 52.4 Å². The molecule has 1 fully saturated rings. The van der Waals surface area contributed by atoms with E-state index in [0.29, 0.717) is 6.04 Å². The van der Waals surface area contributed by atoms with Gasteiger partial charge in [0.15, 0.2) is 0 Å². The Morgan fingerprint density at radius 1 is 1.22 bits per heavy atom. The topological polar surface area (TPSA) is 29.3 Å². The molecule has 0 bridgehead atoms. The Balaban J connectivity index is 2.34. The van der Waals surface area contributed by atoms with Gasteiger partial charge < -0.3 is 5.73 Å². The quantitative estimate of drug-likeness (QED) is 0.687. The van der Waals surface area contributed by atoms with Crippen molar-refractivity contribution in [2.75, 3.05) is 25.1 Å². The number of nitrogens with two attached hydrogens (primary N) is 1. The Labute approximate surface area is 118 Å². The van der Waals surface area contributed by atoms with E-state index < -0.39 is 0 Å². The van der Waals surface area contributed by atoms with Crippen LogP contribution in [-0.4, -0.2) is 42.1 Å². The molecule has 0 aromatic rings. The number of nitrogens with zero attached hydrogens (tertiary/aromatic N) is 1. The zero-order chi connectivity index (χ0) is 13.4. The molecule has 0 aromatic carbocycles. The van der Waals surface area contributed by atoms with Crippen LogP contribution in [0.4, 0.5) is 0 Å². The zero-order valence-corrected chi connectivity index (χ0v) is 13.3. The van der Waals surface area contributed by atoms with Crippen molar-refractivity contribution in [3.05, 3.63) is 0 Å². The van der Waals surface area contributed by atoms with Crippen LogP contribution in [0.3, 0.4) is 0 Å². The normalized spacial score (nSPS) is 26.5. The van der Waals surface area contributed by atoms with Crippen molar-refractivity contribution < 1.29 is 0 Å². The minimum atomic E-state index is 0.590. The summed E-state index contributed by atoms with van der Waals surface area (Å²) >= 11 is 2.04. The first-order valence-corrected chi connectivity index (χ1v) is 8.88. The second-order valence-corrected chi connectivity index (χ2v) is 7.02. The third kappa shape index (κ3) is 5.10. The predicted octanol–water partition coefficient (Wildman–Crippen LogP) is 3.36. The lowest BCUT2D eigenvalue weighted by Gasteiger charge is -2.38. The molecule has 0 amide bonds. The first kappa shape index (κ1) is 16.3. The highest BCUT2D eigenvalue weighted by Gasteiger charge is 2.26. The summed E-state index contributed by atoms with van der Waals surface area (Å²) in [4.78, 5) is 2.59. The van der Waals surface area contributed by atoms with Crippen LogP contribution in [0.2, 0.25) is 0 Å². The molecule has 0 aromatic heterocycles. The number of thioether (sulfide) groups is 1. The van der Waals surface area contributed by atoms with Gasteiger partial charge in [0.1, 0.15) is 0 Å². The summed E-state index contributed by atoms with van der Waals surface area (Å²) in [6, 6.07) is 1.38. The van der Waals surface area contributed by atoms with Crippen molar-refractivity contribution in [3.63, 3.8) is 0 Å². The van der Waals surface area contributed by atoms with E-state index in [2.05, 4.69) is 25.8 Å². The molecule has 1 aliphatic rings. The Morgan fingerprint density at radius 3 is 2.39 bits per heavy atom. The molecule has 2 N–H and O–H groups in total. The zero-order valence-electron chi connectivity index (χ0n) is 12.5. The molecule has 0 radical (unpaired) electrons. The standard InChI is InChI=1S/C15H32N2S/c1-4-13-6-8-14(9-7-13)17(3)15(12-16)10-11-18-5-2/h13-15H,4-12,16H2,1-3H3. The molecule has 0 spiro atoms. The summed E-state index contributed by atoms with van der Waals surface area (Å²) < 4.78 is 0. The summed E-state index contributed by atoms with van der Waals surface area (Å²) in [6.07, 6.45) is 8.22. The van der Waals surface area contributed by atoms with Gasteiger partial charge in [-0.15, -0.1) is 0 Å². The van der Waals surface area contributed by atoms with E-state index in [1.165, 1.54) is 50.0 Å².